The van der Waals surface area contributed by atoms with Crippen LogP contribution in [-0.4, -0.2) is 34.0 Å². The number of ether oxygens (including phenoxy) is 1. The number of fused-ring (bicyclic) bond motifs is 5. The fourth-order valence-electron chi connectivity index (χ4n) is 8.61. The molecule has 5 nitrogen and oxygen atoms in total. The topological polar surface area (TPSA) is 57.0 Å². The van der Waals surface area contributed by atoms with Gasteiger partial charge in [-0.25, -0.2) is 0 Å². The summed E-state index contributed by atoms with van der Waals surface area (Å²) in [6.45, 7) is 5.36. The molecule has 8 atom stereocenters. The molecule has 1 aromatic heterocycles. The van der Waals surface area contributed by atoms with Gasteiger partial charge in [0.15, 0.2) is 5.78 Å². The molecule has 1 heterocycles. The Bertz CT molecular complexity index is 749. The van der Waals surface area contributed by atoms with Gasteiger partial charge in [0, 0.05) is 13.0 Å². The lowest BCUT2D eigenvalue weighted by Gasteiger charge is -2.61. The van der Waals surface area contributed by atoms with E-state index in [4.69, 9.17) is 4.74 Å². The van der Waals surface area contributed by atoms with Crippen molar-refractivity contribution in [1.82, 2.24) is 15.0 Å². The summed E-state index contributed by atoms with van der Waals surface area (Å²) >= 11 is 0. The molecule has 5 rings (SSSR count). The van der Waals surface area contributed by atoms with Gasteiger partial charge in [-0.05, 0) is 92.3 Å². The molecule has 29 heavy (non-hydrogen) atoms. The van der Waals surface area contributed by atoms with Crippen LogP contribution in [0.3, 0.4) is 0 Å². The number of methoxy groups -OCH3 is 1. The van der Waals surface area contributed by atoms with Gasteiger partial charge >= 0.3 is 0 Å². The van der Waals surface area contributed by atoms with E-state index in [1.165, 1.54) is 51.4 Å². The quantitative estimate of drug-likeness (QED) is 0.747. The van der Waals surface area contributed by atoms with Crippen LogP contribution in [-0.2, 0) is 16.1 Å². The van der Waals surface area contributed by atoms with E-state index < -0.39 is 0 Å². The molecule has 160 valence electrons. The number of rotatable bonds is 4. The number of carbonyl (C=O) groups is 1. The Labute approximate surface area is 175 Å². The van der Waals surface area contributed by atoms with Crippen LogP contribution in [0.2, 0.25) is 0 Å². The molecule has 0 radical (unpaired) electrons. The Morgan fingerprint density at radius 1 is 1.00 bits per heavy atom. The Morgan fingerprint density at radius 2 is 1.72 bits per heavy atom. The molecular weight excluding hydrogens is 362 g/mol. The van der Waals surface area contributed by atoms with Crippen molar-refractivity contribution in [3.05, 3.63) is 12.4 Å². The van der Waals surface area contributed by atoms with Crippen LogP contribution < -0.4 is 0 Å². The van der Waals surface area contributed by atoms with Crippen molar-refractivity contribution in [2.75, 3.05) is 7.11 Å². The number of aromatic nitrogens is 3. The predicted octanol–water partition coefficient (Wildman–Crippen LogP) is 4.52. The number of Topliss-reactive ketones (excluding diaryl/α,β-unsaturated/α-hetero) is 1. The summed E-state index contributed by atoms with van der Waals surface area (Å²) in [5, 5.41) is 8.32. The zero-order chi connectivity index (χ0) is 20.2. The van der Waals surface area contributed by atoms with Gasteiger partial charge in [0.05, 0.1) is 18.5 Å². The lowest BCUT2D eigenvalue weighted by Crippen LogP contribution is -2.54. The van der Waals surface area contributed by atoms with Crippen molar-refractivity contribution in [2.24, 2.45) is 40.4 Å². The van der Waals surface area contributed by atoms with Crippen molar-refractivity contribution in [2.45, 2.75) is 84.3 Å². The van der Waals surface area contributed by atoms with Crippen molar-refractivity contribution in [3.63, 3.8) is 0 Å². The third-order valence-corrected chi connectivity index (χ3v) is 10.1. The first-order valence-electron chi connectivity index (χ1n) is 11.9. The van der Waals surface area contributed by atoms with Crippen molar-refractivity contribution < 1.29 is 9.53 Å². The molecular formula is C24H37N3O2. The first kappa shape index (κ1) is 19.7. The van der Waals surface area contributed by atoms with Crippen molar-refractivity contribution >= 4 is 5.78 Å². The van der Waals surface area contributed by atoms with E-state index in [0.717, 1.165) is 24.2 Å². The lowest BCUT2D eigenvalue weighted by molar-refractivity contribution is -0.143. The number of nitrogens with zero attached hydrogens (tertiary/aromatic N) is 3. The first-order valence-corrected chi connectivity index (χ1v) is 11.9. The lowest BCUT2D eigenvalue weighted by atomic mass is 9.44. The fourth-order valence-corrected chi connectivity index (χ4v) is 8.61. The van der Waals surface area contributed by atoms with E-state index in [9.17, 15) is 4.79 Å². The van der Waals surface area contributed by atoms with E-state index in [1.54, 1.807) is 17.2 Å². The zero-order valence-electron chi connectivity index (χ0n) is 18.3. The van der Waals surface area contributed by atoms with Gasteiger partial charge in [0.25, 0.3) is 0 Å². The summed E-state index contributed by atoms with van der Waals surface area (Å²) in [6, 6.07) is 0. The minimum atomic E-state index is 0.171. The molecule has 4 saturated carbocycles. The molecule has 0 aliphatic heterocycles. The minimum absolute atomic E-state index is 0.171. The fraction of sp³-hybridized carbons (Fsp3) is 0.875. The second-order valence-corrected chi connectivity index (χ2v) is 11.0. The summed E-state index contributed by atoms with van der Waals surface area (Å²) in [6.07, 6.45) is 15.2. The molecule has 0 aromatic carbocycles. The maximum atomic E-state index is 13.2. The van der Waals surface area contributed by atoms with Gasteiger partial charge in [-0.3, -0.25) is 4.79 Å². The largest absolute Gasteiger partial charge is 0.381 e. The summed E-state index contributed by atoms with van der Waals surface area (Å²) in [5.41, 5.74) is 0.605. The Hall–Kier alpha value is -1.23. The van der Waals surface area contributed by atoms with Gasteiger partial charge in [-0.15, -0.1) is 0 Å². The predicted molar refractivity (Wildman–Crippen MR) is 111 cm³/mol. The summed E-state index contributed by atoms with van der Waals surface area (Å²) in [4.78, 5) is 14.7. The van der Waals surface area contributed by atoms with Gasteiger partial charge in [-0.1, -0.05) is 13.8 Å². The molecule has 0 spiro atoms. The molecule has 4 fully saturated rings. The van der Waals surface area contributed by atoms with Gasteiger partial charge < -0.3 is 4.74 Å². The van der Waals surface area contributed by atoms with Crippen LogP contribution in [0.4, 0.5) is 0 Å². The molecule has 0 N–H and O–H groups in total. The van der Waals surface area contributed by atoms with Gasteiger partial charge in [0.2, 0.25) is 0 Å². The second-order valence-electron chi connectivity index (χ2n) is 11.0. The van der Waals surface area contributed by atoms with E-state index >= 15 is 0 Å². The van der Waals surface area contributed by atoms with Gasteiger partial charge in [0.1, 0.15) is 6.54 Å². The second kappa shape index (κ2) is 7.18. The zero-order valence-corrected chi connectivity index (χ0v) is 18.3. The number of carbonyl (C=O) groups excluding carboxylic acids is 1. The highest BCUT2D eigenvalue weighted by molar-refractivity contribution is 5.81. The molecule has 0 saturated heterocycles. The SMILES string of the molecule is COC1CCC2CCC3C(CCC4(C)C(C(=O)Cn5nccn5)CCC34)C2(C)C1. The maximum Gasteiger partial charge on any atom is 0.159 e. The van der Waals surface area contributed by atoms with Crippen molar-refractivity contribution in [3.8, 4) is 0 Å². The Morgan fingerprint density at radius 3 is 2.48 bits per heavy atom. The van der Waals surface area contributed by atoms with Crippen LogP contribution >= 0.6 is 0 Å². The standard InChI is InChI=1S/C24H37N3O2/c1-23-11-10-20-18(7-5-16-4-6-17(29-3)14-24(16,20)2)19(23)8-9-21(23)22(28)15-27-25-12-13-26-27/h12-13,16-21H,4-11,14-15H2,1-3H3. The van der Waals surface area contributed by atoms with E-state index in [2.05, 4.69) is 24.0 Å². The summed E-state index contributed by atoms with van der Waals surface area (Å²) < 4.78 is 5.83. The molecule has 8 unspecified atom stereocenters. The van der Waals surface area contributed by atoms with Crippen LogP contribution in [0.5, 0.6) is 0 Å². The summed E-state index contributed by atoms with van der Waals surface area (Å²) in [5.74, 6) is 3.74. The normalized spacial score (nSPS) is 46.6. The summed E-state index contributed by atoms with van der Waals surface area (Å²) in [7, 11) is 1.90. The highest BCUT2D eigenvalue weighted by Crippen LogP contribution is 2.67. The molecule has 4 aliphatic rings. The average molecular weight is 400 g/mol. The number of hydrogen-bond acceptors (Lipinski definition) is 4. The van der Waals surface area contributed by atoms with Crippen LogP contribution in [0.15, 0.2) is 12.4 Å². The first-order chi connectivity index (χ1) is 14.0. The molecule has 5 heteroatoms. The molecule has 1 aromatic rings. The number of hydrogen-bond donors (Lipinski definition) is 0. The molecule has 4 aliphatic carbocycles. The number of ketones is 1. The van der Waals surface area contributed by atoms with E-state index in [-0.39, 0.29) is 11.3 Å². The highest BCUT2D eigenvalue weighted by atomic mass is 16.5. The molecule has 0 amide bonds. The van der Waals surface area contributed by atoms with Crippen LogP contribution in [0, 0.1) is 40.4 Å². The minimum Gasteiger partial charge on any atom is -0.381 e. The average Bonchev–Trinajstić information content (AvgIpc) is 3.33. The van der Waals surface area contributed by atoms with E-state index in [0.29, 0.717) is 29.8 Å². The third-order valence-electron chi connectivity index (χ3n) is 10.1. The third kappa shape index (κ3) is 3.02. The Kier molecular flexibility index (Phi) is 4.88. The van der Waals surface area contributed by atoms with Gasteiger partial charge in [-0.2, -0.15) is 15.0 Å². The van der Waals surface area contributed by atoms with Crippen LogP contribution in [0.1, 0.15) is 71.6 Å². The van der Waals surface area contributed by atoms with E-state index in [1.807, 2.05) is 7.11 Å². The Balaban J connectivity index is 1.36. The molecule has 0 bridgehead atoms. The maximum absolute atomic E-state index is 13.2. The van der Waals surface area contributed by atoms with Crippen LogP contribution in [0.25, 0.3) is 0 Å². The monoisotopic (exact) mass is 399 g/mol. The van der Waals surface area contributed by atoms with Crippen molar-refractivity contribution in [1.29, 1.82) is 0 Å². The smallest absolute Gasteiger partial charge is 0.159 e. The highest BCUT2D eigenvalue weighted by Gasteiger charge is 2.61.